The van der Waals surface area contributed by atoms with Crippen molar-refractivity contribution in [3.8, 4) is 0 Å². The third kappa shape index (κ3) is 4.29. The molecule has 0 spiro atoms. The van der Waals surface area contributed by atoms with E-state index >= 15 is 0 Å². The molecule has 1 aliphatic rings. The number of methoxy groups -OCH3 is 1. The Morgan fingerprint density at radius 1 is 1.38 bits per heavy atom. The molecule has 1 aromatic rings. The van der Waals surface area contributed by atoms with Gasteiger partial charge in [0, 0.05) is 38.2 Å². The summed E-state index contributed by atoms with van der Waals surface area (Å²) < 4.78 is 4.99. The first-order valence-corrected chi connectivity index (χ1v) is 7.26. The largest absolute Gasteiger partial charge is 0.383 e. The van der Waals surface area contributed by atoms with Gasteiger partial charge in [0.1, 0.15) is 0 Å². The number of ether oxygens (including phenoxy) is 1. The lowest BCUT2D eigenvalue weighted by Gasteiger charge is -2.16. The SMILES string of the molecule is COCC(C)NC(=O)c1ccc(CN2CCCC2=O)cc1. The van der Waals surface area contributed by atoms with E-state index in [9.17, 15) is 9.59 Å². The van der Waals surface area contributed by atoms with Crippen LogP contribution in [0.15, 0.2) is 24.3 Å². The average Bonchev–Trinajstić information content (AvgIpc) is 2.85. The van der Waals surface area contributed by atoms with Gasteiger partial charge in [-0.1, -0.05) is 12.1 Å². The summed E-state index contributed by atoms with van der Waals surface area (Å²) in [6.45, 7) is 3.84. The van der Waals surface area contributed by atoms with Crippen LogP contribution in [0.1, 0.15) is 35.7 Å². The van der Waals surface area contributed by atoms with Crippen molar-refractivity contribution in [2.24, 2.45) is 0 Å². The summed E-state index contributed by atoms with van der Waals surface area (Å²) >= 11 is 0. The minimum atomic E-state index is -0.108. The van der Waals surface area contributed by atoms with Crippen molar-refractivity contribution in [2.45, 2.75) is 32.4 Å². The number of rotatable bonds is 6. The summed E-state index contributed by atoms with van der Waals surface area (Å²) in [6, 6.07) is 7.38. The number of likely N-dealkylation sites (tertiary alicyclic amines) is 1. The molecule has 1 unspecified atom stereocenters. The van der Waals surface area contributed by atoms with E-state index in [4.69, 9.17) is 4.74 Å². The van der Waals surface area contributed by atoms with Gasteiger partial charge in [-0.2, -0.15) is 0 Å². The van der Waals surface area contributed by atoms with Gasteiger partial charge in [-0.15, -0.1) is 0 Å². The molecule has 1 aromatic carbocycles. The zero-order valence-corrected chi connectivity index (χ0v) is 12.6. The highest BCUT2D eigenvalue weighted by molar-refractivity contribution is 5.94. The van der Waals surface area contributed by atoms with Crippen LogP contribution in [0, 0.1) is 0 Å². The Bertz CT molecular complexity index is 499. The molecule has 1 aliphatic heterocycles. The minimum Gasteiger partial charge on any atom is -0.383 e. The highest BCUT2D eigenvalue weighted by Gasteiger charge is 2.20. The van der Waals surface area contributed by atoms with E-state index < -0.39 is 0 Å². The smallest absolute Gasteiger partial charge is 0.251 e. The summed E-state index contributed by atoms with van der Waals surface area (Å²) in [5.41, 5.74) is 1.67. The van der Waals surface area contributed by atoms with Gasteiger partial charge in [-0.05, 0) is 31.0 Å². The minimum absolute atomic E-state index is 0.0237. The van der Waals surface area contributed by atoms with Crippen molar-refractivity contribution in [1.29, 1.82) is 0 Å². The van der Waals surface area contributed by atoms with E-state index in [1.807, 2.05) is 24.0 Å². The fraction of sp³-hybridized carbons (Fsp3) is 0.500. The number of carbonyl (C=O) groups is 2. The Labute approximate surface area is 125 Å². The van der Waals surface area contributed by atoms with E-state index in [-0.39, 0.29) is 17.9 Å². The average molecular weight is 290 g/mol. The number of carbonyl (C=O) groups excluding carboxylic acids is 2. The molecule has 5 heteroatoms. The van der Waals surface area contributed by atoms with Crippen LogP contribution in [0.3, 0.4) is 0 Å². The van der Waals surface area contributed by atoms with Gasteiger partial charge in [0.15, 0.2) is 0 Å². The second kappa shape index (κ2) is 7.22. The molecule has 1 saturated heterocycles. The monoisotopic (exact) mass is 290 g/mol. The predicted molar refractivity (Wildman–Crippen MR) is 79.9 cm³/mol. The maximum atomic E-state index is 12.0. The van der Waals surface area contributed by atoms with Crippen molar-refractivity contribution in [3.05, 3.63) is 35.4 Å². The molecule has 21 heavy (non-hydrogen) atoms. The van der Waals surface area contributed by atoms with Crippen molar-refractivity contribution in [1.82, 2.24) is 10.2 Å². The summed E-state index contributed by atoms with van der Waals surface area (Å²) in [5, 5.41) is 2.87. The van der Waals surface area contributed by atoms with Gasteiger partial charge in [-0.25, -0.2) is 0 Å². The van der Waals surface area contributed by atoms with Crippen molar-refractivity contribution < 1.29 is 14.3 Å². The summed E-state index contributed by atoms with van der Waals surface area (Å²) in [4.78, 5) is 25.5. The van der Waals surface area contributed by atoms with Gasteiger partial charge in [0.05, 0.1) is 6.61 Å². The molecule has 1 heterocycles. The predicted octanol–water partition coefficient (Wildman–Crippen LogP) is 1.57. The zero-order valence-electron chi connectivity index (χ0n) is 12.6. The van der Waals surface area contributed by atoms with Crippen LogP contribution in [0.4, 0.5) is 0 Å². The zero-order chi connectivity index (χ0) is 15.2. The van der Waals surface area contributed by atoms with Crippen molar-refractivity contribution in [3.63, 3.8) is 0 Å². The third-order valence-corrected chi connectivity index (χ3v) is 3.56. The van der Waals surface area contributed by atoms with E-state index in [1.165, 1.54) is 0 Å². The molecular weight excluding hydrogens is 268 g/mol. The molecule has 0 bridgehead atoms. The normalized spacial score (nSPS) is 16.1. The molecule has 114 valence electrons. The van der Waals surface area contributed by atoms with E-state index in [0.717, 1.165) is 18.5 Å². The van der Waals surface area contributed by atoms with E-state index in [1.54, 1.807) is 19.2 Å². The second-order valence-electron chi connectivity index (χ2n) is 5.45. The molecule has 1 fully saturated rings. The molecular formula is C16H22N2O3. The lowest BCUT2D eigenvalue weighted by Crippen LogP contribution is -2.35. The van der Waals surface area contributed by atoms with Gasteiger partial charge in [0.25, 0.3) is 5.91 Å². The topological polar surface area (TPSA) is 58.6 Å². The first kappa shape index (κ1) is 15.5. The van der Waals surface area contributed by atoms with Crippen molar-refractivity contribution in [2.75, 3.05) is 20.3 Å². The molecule has 0 aromatic heterocycles. The summed E-state index contributed by atoms with van der Waals surface area (Å²) in [5.74, 6) is 0.105. The molecule has 0 aliphatic carbocycles. The molecule has 2 amide bonds. The van der Waals surface area contributed by atoms with Gasteiger partial charge >= 0.3 is 0 Å². The van der Waals surface area contributed by atoms with Gasteiger partial charge < -0.3 is 15.0 Å². The Kier molecular flexibility index (Phi) is 5.33. The number of nitrogens with zero attached hydrogens (tertiary/aromatic N) is 1. The number of nitrogens with one attached hydrogen (secondary N) is 1. The van der Waals surface area contributed by atoms with Gasteiger partial charge in [-0.3, -0.25) is 9.59 Å². The number of hydrogen-bond donors (Lipinski definition) is 1. The Morgan fingerprint density at radius 3 is 2.67 bits per heavy atom. The third-order valence-electron chi connectivity index (χ3n) is 3.56. The van der Waals surface area contributed by atoms with Crippen molar-refractivity contribution >= 4 is 11.8 Å². The Balaban J connectivity index is 1.92. The lowest BCUT2D eigenvalue weighted by molar-refractivity contribution is -0.128. The van der Waals surface area contributed by atoms with Gasteiger partial charge in [0.2, 0.25) is 5.91 Å². The molecule has 0 radical (unpaired) electrons. The first-order valence-electron chi connectivity index (χ1n) is 7.26. The molecule has 1 N–H and O–H groups in total. The highest BCUT2D eigenvalue weighted by Crippen LogP contribution is 2.14. The number of benzene rings is 1. The van der Waals surface area contributed by atoms with Crippen LogP contribution in [0.5, 0.6) is 0 Å². The van der Waals surface area contributed by atoms with E-state index in [2.05, 4.69) is 5.32 Å². The van der Waals surface area contributed by atoms with E-state index in [0.29, 0.717) is 25.1 Å². The molecule has 5 nitrogen and oxygen atoms in total. The first-order chi connectivity index (χ1) is 10.1. The van der Waals surface area contributed by atoms with Crippen LogP contribution in [-0.4, -0.2) is 43.0 Å². The standard InChI is InChI=1S/C16H22N2O3/c1-12(11-21-2)17-16(20)14-7-5-13(6-8-14)10-18-9-3-4-15(18)19/h5-8,12H,3-4,9-11H2,1-2H3,(H,17,20). The maximum absolute atomic E-state index is 12.0. The molecule has 1 atom stereocenters. The van der Waals surface area contributed by atoms with Crippen LogP contribution in [-0.2, 0) is 16.1 Å². The summed E-state index contributed by atoms with van der Waals surface area (Å²) in [7, 11) is 1.61. The Morgan fingerprint density at radius 2 is 2.10 bits per heavy atom. The van der Waals surface area contributed by atoms with Crippen LogP contribution in [0.25, 0.3) is 0 Å². The van der Waals surface area contributed by atoms with Crippen LogP contribution in [0.2, 0.25) is 0 Å². The quantitative estimate of drug-likeness (QED) is 0.865. The lowest BCUT2D eigenvalue weighted by atomic mass is 10.1. The number of amides is 2. The maximum Gasteiger partial charge on any atom is 0.251 e. The van der Waals surface area contributed by atoms with Crippen LogP contribution < -0.4 is 5.32 Å². The van der Waals surface area contributed by atoms with Crippen LogP contribution >= 0.6 is 0 Å². The number of hydrogen-bond acceptors (Lipinski definition) is 3. The summed E-state index contributed by atoms with van der Waals surface area (Å²) in [6.07, 6.45) is 1.59. The second-order valence-corrected chi connectivity index (χ2v) is 5.45. The highest BCUT2D eigenvalue weighted by atomic mass is 16.5. The Hall–Kier alpha value is -1.88. The molecule has 0 saturated carbocycles. The molecule has 2 rings (SSSR count). The fourth-order valence-electron chi connectivity index (χ4n) is 2.45. The fourth-order valence-corrected chi connectivity index (χ4v) is 2.45.